The van der Waals surface area contributed by atoms with Crippen LogP contribution in [0.5, 0.6) is 5.75 Å². The number of methoxy groups -OCH3 is 1. The molecular weight excluding hydrogens is 262 g/mol. The maximum absolute atomic E-state index is 5.52. The molecule has 0 radical (unpaired) electrons. The van der Waals surface area contributed by atoms with Gasteiger partial charge in [0.1, 0.15) is 5.75 Å². The summed E-state index contributed by atoms with van der Waals surface area (Å²) < 4.78 is 7.49. The molecule has 0 fully saturated rings. The SMILES string of the molecule is CCc1cc(CC(NC)c2cc(C)ccc2OC)n(C)n1. The molecule has 0 amide bonds. The van der Waals surface area contributed by atoms with Crippen LogP contribution in [0.3, 0.4) is 0 Å². The molecule has 1 unspecified atom stereocenters. The summed E-state index contributed by atoms with van der Waals surface area (Å²) in [5.74, 6) is 0.929. The van der Waals surface area contributed by atoms with Gasteiger partial charge in [-0.15, -0.1) is 0 Å². The van der Waals surface area contributed by atoms with Gasteiger partial charge in [0.2, 0.25) is 0 Å². The minimum absolute atomic E-state index is 0.208. The smallest absolute Gasteiger partial charge is 0.123 e. The molecule has 0 aliphatic carbocycles. The summed E-state index contributed by atoms with van der Waals surface area (Å²) in [5, 5.41) is 7.93. The Balaban J connectivity index is 2.31. The molecule has 4 nitrogen and oxygen atoms in total. The maximum atomic E-state index is 5.52. The highest BCUT2D eigenvalue weighted by molar-refractivity contribution is 5.39. The molecule has 0 saturated carbocycles. The van der Waals surface area contributed by atoms with Crippen molar-refractivity contribution in [3.63, 3.8) is 0 Å². The van der Waals surface area contributed by atoms with Crippen LogP contribution < -0.4 is 10.1 Å². The quantitative estimate of drug-likeness (QED) is 0.888. The Kier molecular flexibility index (Phi) is 5.02. The van der Waals surface area contributed by atoms with Gasteiger partial charge in [0.15, 0.2) is 0 Å². The van der Waals surface area contributed by atoms with Crippen LogP contribution in [0, 0.1) is 6.92 Å². The Morgan fingerprint density at radius 2 is 2.10 bits per heavy atom. The molecule has 0 saturated heterocycles. The summed E-state index contributed by atoms with van der Waals surface area (Å²) in [4.78, 5) is 0. The van der Waals surface area contributed by atoms with E-state index in [4.69, 9.17) is 4.74 Å². The Morgan fingerprint density at radius 3 is 2.67 bits per heavy atom. The van der Waals surface area contributed by atoms with Gasteiger partial charge in [0.05, 0.1) is 12.8 Å². The Labute approximate surface area is 127 Å². The van der Waals surface area contributed by atoms with Crippen molar-refractivity contribution < 1.29 is 4.74 Å². The van der Waals surface area contributed by atoms with Crippen LogP contribution in [0.1, 0.15) is 35.5 Å². The highest BCUT2D eigenvalue weighted by atomic mass is 16.5. The van der Waals surface area contributed by atoms with E-state index < -0.39 is 0 Å². The van der Waals surface area contributed by atoms with Gasteiger partial charge in [-0.3, -0.25) is 4.68 Å². The van der Waals surface area contributed by atoms with Gasteiger partial charge in [-0.05, 0) is 32.5 Å². The fraction of sp³-hybridized carbons (Fsp3) is 0.471. The normalized spacial score (nSPS) is 12.4. The molecule has 1 N–H and O–H groups in total. The van der Waals surface area contributed by atoms with E-state index in [1.54, 1.807) is 7.11 Å². The molecule has 114 valence electrons. The first kappa shape index (κ1) is 15.6. The number of aryl methyl sites for hydroxylation is 3. The molecular formula is C17H25N3O. The molecule has 0 aliphatic heterocycles. The molecule has 1 aromatic heterocycles. The number of likely N-dealkylation sites (N-methyl/N-ethyl adjacent to an activating group) is 1. The first-order valence-electron chi connectivity index (χ1n) is 7.42. The van der Waals surface area contributed by atoms with Crippen molar-refractivity contribution in [2.75, 3.05) is 14.2 Å². The van der Waals surface area contributed by atoms with Gasteiger partial charge in [-0.2, -0.15) is 5.10 Å². The van der Waals surface area contributed by atoms with Crippen molar-refractivity contribution in [3.05, 3.63) is 46.8 Å². The fourth-order valence-corrected chi connectivity index (χ4v) is 2.64. The largest absolute Gasteiger partial charge is 0.496 e. The number of benzene rings is 1. The average molecular weight is 287 g/mol. The minimum Gasteiger partial charge on any atom is -0.496 e. The van der Waals surface area contributed by atoms with Crippen molar-refractivity contribution in [3.8, 4) is 5.75 Å². The highest BCUT2D eigenvalue weighted by Crippen LogP contribution is 2.28. The summed E-state index contributed by atoms with van der Waals surface area (Å²) in [6.07, 6.45) is 1.85. The zero-order chi connectivity index (χ0) is 15.4. The predicted octanol–water partition coefficient (Wildman–Crippen LogP) is 2.80. The van der Waals surface area contributed by atoms with Gasteiger partial charge in [-0.1, -0.05) is 24.6 Å². The van der Waals surface area contributed by atoms with Gasteiger partial charge in [0.25, 0.3) is 0 Å². The van der Waals surface area contributed by atoms with Crippen LogP contribution >= 0.6 is 0 Å². The van der Waals surface area contributed by atoms with Crippen LogP contribution in [-0.2, 0) is 19.9 Å². The van der Waals surface area contributed by atoms with Crippen LogP contribution in [0.2, 0.25) is 0 Å². The summed E-state index contributed by atoms with van der Waals surface area (Å²) in [7, 11) is 5.72. The first-order chi connectivity index (χ1) is 10.1. The number of hydrogen-bond donors (Lipinski definition) is 1. The van der Waals surface area contributed by atoms with Crippen LogP contribution in [0.4, 0.5) is 0 Å². The van der Waals surface area contributed by atoms with Gasteiger partial charge < -0.3 is 10.1 Å². The molecule has 0 bridgehead atoms. The second kappa shape index (κ2) is 6.76. The summed E-state index contributed by atoms with van der Waals surface area (Å²) in [6.45, 7) is 4.24. The molecule has 2 rings (SSSR count). The van der Waals surface area contributed by atoms with E-state index in [0.29, 0.717) is 0 Å². The third kappa shape index (κ3) is 3.45. The summed E-state index contributed by atoms with van der Waals surface area (Å²) in [5.41, 5.74) is 4.80. The third-order valence-electron chi connectivity index (χ3n) is 3.91. The first-order valence-corrected chi connectivity index (χ1v) is 7.42. The molecule has 2 aromatic rings. The van der Waals surface area contributed by atoms with Gasteiger partial charge in [-0.25, -0.2) is 0 Å². The lowest BCUT2D eigenvalue weighted by Gasteiger charge is -2.20. The van der Waals surface area contributed by atoms with Crippen molar-refractivity contribution >= 4 is 0 Å². The van der Waals surface area contributed by atoms with E-state index in [1.807, 2.05) is 24.8 Å². The summed E-state index contributed by atoms with van der Waals surface area (Å²) in [6, 6.07) is 8.70. The number of hydrogen-bond acceptors (Lipinski definition) is 3. The van der Waals surface area contributed by atoms with E-state index in [1.165, 1.54) is 16.8 Å². The third-order valence-corrected chi connectivity index (χ3v) is 3.91. The number of ether oxygens (including phenoxy) is 1. The van der Waals surface area contributed by atoms with Crippen molar-refractivity contribution in [2.24, 2.45) is 7.05 Å². The maximum Gasteiger partial charge on any atom is 0.123 e. The monoisotopic (exact) mass is 287 g/mol. The minimum atomic E-state index is 0.208. The number of nitrogens with zero attached hydrogens (tertiary/aromatic N) is 2. The van der Waals surface area contributed by atoms with E-state index in [-0.39, 0.29) is 6.04 Å². The van der Waals surface area contributed by atoms with Gasteiger partial charge in [0, 0.05) is 30.8 Å². The zero-order valence-electron chi connectivity index (χ0n) is 13.6. The fourth-order valence-electron chi connectivity index (χ4n) is 2.64. The summed E-state index contributed by atoms with van der Waals surface area (Å²) >= 11 is 0. The molecule has 0 aliphatic rings. The van der Waals surface area contributed by atoms with E-state index in [9.17, 15) is 0 Å². The van der Waals surface area contributed by atoms with Crippen molar-refractivity contribution in [2.45, 2.75) is 32.7 Å². The van der Waals surface area contributed by atoms with Crippen molar-refractivity contribution in [1.82, 2.24) is 15.1 Å². The second-order valence-electron chi connectivity index (χ2n) is 5.39. The molecule has 0 spiro atoms. The van der Waals surface area contributed by atoms with Crippen LogP contribution in [-0.4, -0.2) is 23.9 Å². The Hall–Kier alpha value is -1.81. The van der Waals surface area contributed by atoms with Crippen molar-refractivity contribution in [1.29, 1.82) is 0 Å². The Bertz CT molecular complexity index is 604. The van der Waals surface area contributed by atoms with Gasteiger partial charge >= 0.3 is 0 Å². The Morgan fingerprint density at radius 1 is 1.33 bits per heavy atom. The lowest BCUT2D eigenvalue weighted by atomic mass is 9.99. The molecule has 1 atom stereocenters. The molecule has 1 heterocycles. The average Bonchev–Trinajstić information content (AvgIpc) is 2.85. The van der Waals surface area contributed by atoms with E-state index >= 15 is 0 Å². The van der Waals surface area contributed by atoms with E-state index in [0.717, 1.165) is 24.3 Å². The predicted molar refractivity (Wildman–Crippen MR) is 85.8 cm³/mol. The topological polar surface area (TPSA) is 39.1 Å². The number of nitrogens with one attached hydrogen (secondary N) is 1. The second-order valence-corrected chi connectivity index (χ2v) is 5.39. The van der Waals surface area contributed by atoms with E-state index in [2.05, 4.69) is 42.5 Å². The molecule has 4 heteroatoms. The lowest BCUT2D eigenvalue weighted by Crippen LogP contribution is -2.21. The van der Waals surface area contributed by atoms with Crippen LogP contribution in [0.15, 0.2) is 24.3 Å². The number of aromatic nitrogens is 2. The number of rotatable bonds is 6. The zero-order valence-corrected chi connectivity index (χ0v) is 13.6. The molecule has 1 aromatic carbocycles. The van der Waals surface area contributed by atoms with Crippen LogP contribution in [0.25, 0.3) is 0 Å². The standard InChI is InChI=1S/C17H25N3O/c1-6-13-10-14(20(4)19-13)11-16(18-3)15-9-12(2)7-8-17(15)21-5/h7-10,16,18H,6,11H2,1-5H3. The highest BCUT2D eigenvalue weighted by Gasteiger charge is 2.17. The lowest BCUT2D eigenvalue weighted by molar-refractivity contribution is 0.400. The molecule has 21 heavy (non-hydrogen) atoms.